The molecule has 0 unspecified atom stereocenters. The Morgan fingerprint density at radius 2 is 1.61 bits per heavy atom. The van der Waals surface area contributed by atoms with Crippen LogP contribution in [0.2, 0.25) is 5.02 Å². The zero-order chi connectivity index (χ0) is 22.0. The lowest BCUT2D eigenvalue weighted by Crippen LogP contribution is -2.37. The lowest BCUT2D eigenvalue weighted by molar-refractivity contribution is -0.135. The Bertz CT molecular complexity index is 1100. The van der Waals surface area contributed by atoms with Crippen LogP contribution in [-0.2, 0) is 9.53 Å². The molecule has 0 saturated heterocycles. The van der Waals surface area contributed by atoms with Gasteiger partial charge in [-0.05, 0) is 40.5 Å². The number of benzene rings is 3. The lowest BCUT2D eigenvalue weighted by atomic mass is 9.98. The number of hydrogen-bond donors (Lipinski definition) is 1. The van der Waals surface area contributed by atoms with E-state index in [1.54, 1.807) is 12.1 Å². The molecule has 3 aromatic carbocycles. The number of carboxylic acid groups (broad SMARTS) is 1. The molecule has 0 aliphatic heterocycles. The molecule has 0 saturated carbocycles. The molecule has 0 bridgehead atoms. The molecule has 3 aromatic rings. The third-order valence-corrected chi connectivity index (χ3v) is 5.52. The molecule has 31 heavy (non-hydrogen) atoms. The first kappa shape index (κ1) is 20.8. The van der Waals surface area contributed by atoms with Crippen molar-refractivity contribution in [2.75, 3.05) is 25.2 Å². The monoisotopic (exact) mass is 437 g/mol. The summed E-state index contributed by atoms with van der Waals surface area (Å²) in [7, 11) is 1.43. The molecule has 0 radical (unpaired) electrons. The highest BCUT2D eigenvalue weighted by molar-refractivity contribution is 6.31. The smallest absolute Gasteiger partial charge is 0.414 e. The summed E-state index contributed by atoms with van der Waals surface area (Å²) in [6, 6.07) is 20.6. The summed E-state index contributed by atoms with van der Waals surface area (Å²) in [5, 5.41) is 9.69. The summed E-state index contributed by atoms with van der Waals surface area (Å²) in [5.74, 6) is -1.00. The van der Waals surface area contributed by atoms with Gasteiger partial charge in [-0.25, -0.2) is 4.79 Å². The van der Waals surface area contributed by atoms with E-state index in [1.807, 2.05) is 48.5 Å². The van der Waals surface area contributed by atoms with Crippen LogP contribution in [0, 0.1) is 0 Å². The van der Waals surface area contributed by atoms with Gasteiger partial charge < -0.3 is 14.6 Å². The van der Waals surface area contributed by atoms with Crippen LogP contribution < -0.4 is 9.64 Å². The maximum Gasteiger partial charge on any atom is 0.414 e. The number of anilines is 1. The van der Waals surface area contributed by atoms with Crippen LogP contribution >= 0.6 is 11.6 Å². The van der Waals surface area contributed by atoms with Gasteiger partial charge in [0.15, 0.2) is 0 Å². The fourth-order valence-corrected chi connectivity index (χ4v) is 4.10. The first-order valence-electron chi connectivity index (χ1n) is 9.67. The minimum atomic E-state index is -1.18. The number of halogens is 1. The maximum atomic E-state index is 13.0. The van der Waals surface area contributed by atoms with Gasteiger partial charge in [0.1, 0.15) is 18.9 Å². The van der Waals surface area contributed by atoms with Crippen molar-refractivity contribution in [2.45, 2.75) is 5.92 Å². The molecule has 4 rings (SSSR count). The van der Waals surface area contributed by atoms with Crippen molar-refractivity contribution >= 4 is 29.4 Å². The summed E-state index contributed by atoms with van der Waals surface area (Å²) >= 11 is 6.07. The van der Waals surface area contributed by atoms with Crippen molar-refractivity contribution in [2.24, 2.45) is 0 Å². The van der Waals surface area contributed by atoms with Crippen LogP contribution in [0.25, 0.3) is 11.1 Å². The predicted octanol–water partition coefficient (Wildman–Crippen LogP) is 5.19. The van der Waals surface area contributed by atoms with E-state index < -0.39 is 18.6 Å². The van der Waals surface area contributed by atoms with Crippen LogP contribution in [0.3, 0.4) is 0 Å². The average molecular weight is 438 g/mol. The highest BCUT2D eigenvalue weighted by Crippen LogP contribution is 2.44. The number of amides is 1. The number of hydrogen-bond acceptors (Lipinski definition) is 4. The van der Waals surface area contributed by atoms with Gasteiger partial charge in [0.25, 0.3) is 0 Å². The standard InChI is InChI=1S/C24H20ClNO5/c1-30-22-11-10-15(25)12-21(22)26(13-23(27)28)24(29)31-14-20-18-8-4-2-6-16(18)17-7-3-5-9-19(17)20/h2-12,20H,13-14H2,1H3,(H,27,28). The fraction of sp³-hybridized carbons (Fsp3) is 0.167. The normalized spacial score (nSPS) is 12.1. The molecule has 1 amide bonds. The summed E-state index contributed by atoms with van der Waals surface area (Å²) < 4.78 is 10.9. The molecular weight excluding hydrogens is 418 g/mol. The van der Waals surface area contributed by atoms with E-state index in [1.165, 1.54) is 13.2 Å². The Hall–Kier alpha value is -3.51. The van der Waals surface area contributed by atoms with Crippen molar-refractivity contribution in [3.05, 3.63) is 82.9 Å². The minimum absolute atomic E-state index is 0.0753. The summed E-state index contributed by atoms with van der Waals surface area (Å²) in [4.78, 5) is 25.4. The average Bonchev–Trinajstić information content (AvgIpc) is 3.09. The van der Waals surface area contributed by atoms with Crippen molar-refractivity contribution in [3.8, 4) is 16.9 Å². The van der Waals surface area contributed by atoms with E-state index in [9.17, 15) is 14.7 Å². The maximum absolute atomic E-state index is 13.0. The predicted molar refractivity (Wildman–Crippen MR) is 118 cm³/mol. The number of aliphatic carboxylic acids is 1. The lowest BCUT2D eigenvalue weighted by Gasteiger charge is -2.24. The van der Waals surface area contributed by atoms with Gasteiger partial charge in [0.05, 0.1) is 12.8 Å². The van der Waals surface area contributed by atoms with Gasteiger partial charge in [-0.15, -0.1) is 0 Å². The molecule has 0 spiro atoms. The molecule has 1 aliphatic carbocycles. The van der Waals surface area contributed by atoms with Crippen LogP contribution in [0.5, 0.6) is 5.75 Å². The highest BCUT2D eigenvalue weighted by Gasteiger charge is 2.31. The van der Waals surface area contributed by atoms with E-state index in [2.05, 4.69) is 0 Å². The number of rotatable bonds is 6. The second kappa shape index (κ2) is 8.70. The van der Waals surface area contributed by atoms with Gasteiger partial charge in [-0.2, -0.15) is 0 Å². The molecule has 1 N–H and O–H groups in total. The van der Waals surface area contributed by atoms with Gasteiger partial charge in [0, 0.05) is 10.9 Å². The first-order chi connectivity index (χ1) is 15.0. The van der Waals surface area contributed by atoms with Crippen LogP contribution in [0.1, 0.15) is 17.0 Å². The number of nitrogens with zero attached hydrogens (tertiary/aromatic N) is 1. The Balaban J connectivity index is 1.61. The SMILES string of the molecule is COc1ccc(Cl)cc1N(CC(=O)O)C(=O)OCC1c2ccccc2-c2ccccc21. The zero-order valence-electron chi connectivity index (χ0n) is 16.7. The number of fused-ring (bicyclic) bond motifs is 3. The van der Waals surface area contributed by atoms with E-state index in [0.717, 1.165) is 27.2 Å². The number of carbonyl (C=O) groups is 2. The third kappa shape index (κ3) is 4.07. The van der Waals surface area contributed by atoms with Crippen molar-refractivity contribution in [3.63, 3.8) is 0 Å². The largest absolute Gasteiger partial charge is 0.495 e. The number of ether oxygens (including phenoxy) is 2. The van der Waals surface area contributed by atoms with E-state index in [-0.39, 0.29) is 18.2 Å². The minimum Gasteiger partial charge on any atom is -0.495 e. The van der Waals surface area contributed by atoms with E-state index in [0.29, 0.717) is 10.8 Å². The highest BCUT2D eigenvalue weighted by atomic mass is 35.5. The second-order valence-corrected chi connectivity index (χ2v) is 7.54. The number of methoxy groups -OCH3 is 1. The Morgan fingerprint density at radius 1 is 1.00 bits per heavy atom. The summed E-state index contributed by atoms with van der Waals surface area (Å²) in [6.07, 6.45) is -0.787. The molecule has 6 nitrogen and oxygen atoms in total. The molecule has 0 atom stereocenters. The first-order valence-corrected chi connectivity index (χ1v) is 10.0. The second-order valence-electron chi connectivity index (χ2n) is 7.10. The van der Waals surface area contributed by atoms with Crippen LogP contribution in [0.15, 0.2) is 66.7 Å². The van der Waals surface area contributed by atoms with Gasteiger partial charge in [0.2, 0.25) is 0 Å². The van der Waals surface area contributed by atoms with Gasteiger partial charge in [-0.1, -0.05) is 60.1 Å². The number of carboxylic acids is 1. The fourth-order valence-electron chi connectivity index (χ4n) is 3.93. The Morgan fingerprint density at radius 3 is 2.19 bits per heavy atom. The molecule has 0 heterocycles. The molecule has 1 aliphatic rings. The molecule has 7 heteroatoms. The van der Waals surface area contributed by atoms with Crippen molar-refractivity contribution in [1.29, 1.82) is 0 Å². The molecule has 158 valence electrons. The van der Waals surface area contributed by atoms with Crippen molar-refractivity contribution in [1.82, 2.24) is 0 Å². The molecule has 0 aromatic heterocycles. The summed E-state index contributed by atoms with van der Waals surface area (Å²) in [5.41, 5.74) is 4.59. The van der Waals surface area contributed by atoms with Gasteiger partial charge >= 0.3 is 12.1 Å². The Labute approximate surface area is 184 Å². The quantitative estimate of drug-likeness (QED) is 0.574. The summed E-state index contributed by atoms with van der Waals surface area (Å²) in [6.45, 7) is -0.515. The van der Waals surface area contributed by atoms with Gasteiger partial charge in [-0.3, -0.25) is 9.69 Å². The zero-order valence-corrected chi connectivity index (χ0v) is 17.5. The number of carbonyl (C=O) groups excluding carboxylic acids is 1. The van der Waals surface area contributed by atoms with E-state index >= 15 is 0 Å². The third-order valence-electron chi connectivity index (χ3n) is 5.28. The molecule has 0 fully saturated rings. The topological polar surface area (TPSA) is 76.1 Å². The van der Waals surface area contributed by atoms with E-state index in [4.69, 9.17) is 21.1 Å². The van der Waals surface area contributed by atoms with Crippen LogP contribution in [0.4, 0.5) is 10.5 Å². The van der Waals surface area contributed by atoms with Crippen molar-refractivity contribution < 1.29 is 24.2 Å². The van der Waals surface area contributed by atoms with Crippen LogP contribution in [-0.4, -0.2) is 37.4 Å². The Kier molecular flexibility index (Phi) is 5.82. The molecular formula is C24H20ClNO5.